The summed E-state index contributed by atoms with van der Waals surface area (Å²) >= 11 is 0. The minimum absolute atomic E-state index is 0.0299. The van der Waals surface area contributed by atoms with Crippen LogP contribution in [0.25, 0.3) is 0 Å². The molecule has 5 aliphatic rings. The number of carbonyl (C=O) groups is 2. The molecular weight excluding hydrogens is 400 g/mol. The van der Waals surface area contributed by atoms with Crippen LogP contribution < -0.4 is 0 Å². The van der Waals surface area contributed by atoms with Crippen LogP contribution in [0.2, 0.25) is 0 Å². The van der Waals surface area contributed by atoms with Crippen molar-refractivity contribution >= 4 is 11.8 Å². The fraction of sp³-hybridized carbons (Fsp3) is 0.643. The highest BCUT2D eigenvalue weighted by molar-refractivity contribution is 5.92. The van der Waals surface area contributed by atoms with Gasteiger partial charge in [0.25, 0.3) is 0 Å². The van der Waals surface area contributed by atoms with Crippen LogP contribution in [-0.4, -0.2) is 17.4 Å². The SMILES string of the molecule is Cc1ccc([C@]2(C)CC3=CC(=O)CC[C@]3(C)C3=CCC4(C)[C@@H](CC[C@@]45CCC(=O)O5)[C@@H]32)o1. The average Bonchev–Trinajstić information content (AvgIpc) is 3.42. The molecule has 6 rings (SSSR count). The summed E-state index contributed by atoms with van der Waals surface area (Å²) in [7, 11) is 0. The van der Waals surface area contributed by atoms with E-state index in [4.69, 9.17) is 9.15 Å². The van der Waals surface area contributed by atoms with Gasteiger partial charge in [0.1, 0.15) is 17.1 Å². The highest BCUT2D eigenvalue weighted by atomic mass is 16.6. The number of aryl methyl sites for hydroxylation is 1. The Morgan fingerprint density at radius 1 is 1.03 bits per heavy atom. The van der Waals surface area contributed by atoms with E-state index in [-0.39, 0.29) is 33.6 Å². The fourth-order valence-corrected chi connectivity index (χ4v) is 8.45. The van der Waals surface area contributed by atoms with Gasteiger partial charge in [0.2, 0.25) is 0 Å². The molecule has 3 fully saturated rings. The summed E-state index contributed by atoms with van der Waals surface area (Å²) in [5.74, 6) is 2.94. The lowest BCUT2D eigenvalue weighted by Gasteiger charge is -2.60. The van der Waals surface area contributed by atoms with E-state index in [9.17, 15) is 9.59 Å². The minimum atomic E-state index is -0.323. The van der Waals surface area contributed by atoms with Gasteiger partial charge in [-0.3, -0.25) is 9.59 Å². The van der Waals surface area contributed by atoms with Crippen molar-refractivity contribution in [3.63, 3.8) is 0 Å². The first-order valence-corrected chi connectivity index (χ1v) is 12.3. The lowest BCUT2D eigenvalue weighted by Crippen LogP contribution is -2.56. The van der Waals surface area contributed by atoms with Gasteiger partial charge in [0.15, 0.2) is 5.78 Å². The molecule has 2 heterocycles. The van der Waals surface area contributed by atoms with E-state index >= 15 is 0 Å². The van der Waals surface area contributed by atoms with E-state index in [1.54, 1.807) is 0 Å². The van der Waals surface area contributed by atoms with Gasteiger partial charge in [-0.25, -0.2) is 0 Å². The summed E-state index contributed by atoms with van der Waals surface area (Å²) in [5, 5.41) is 0. The van der Waals surface area contributed by atoms with Crippen LogP contribution in [0.15, 0.2) is 39.8 Å². The molecule has 6 atom stereocenters. The highest BCUT2D eigenvalue weighted by Crippen LogP contribution is 2.71. The Labute approximate surface area is 190 Å². The van der Waals surface area contributed by atoms with Crippen LogP contribution in [0.3, 0.4) is 0 Å². The van der Waals surface area contributed by atoms with Crippen LogP contribution in [0.4, 0.5) is 0 Å². The average molecular weight is 435 g/mol. The third kappa shape index (κ3) is 2.39. The Bertz CT molecular complexity index is 1090. The number of esters is 1. The van der Waals surface area contributed by atoms with Crippen molar-refractivity contribution in [1.29, 1.82) is 0 Å². The zero-order chi connectivity index (χ0) is 22.5. The molecule has 4 heteroatoms. The number of fused-ring (bicyclic) bond motifs is 6. The molecule has 1 unspecified atom stereocenters. The number of rotatable bonds is 1. The Balaban J connectivity index is 1.55. The molecule has 1 aromatic heterocycles. The van der Waals surface area contributed by atoms with Crippen molar-refractivity contribution in [2.75, 3.05) is 0 Å². The van der Waals surface area contributed by atoms with Crippen LogP contribution in [0, 0.1) is 29.6 Å². The van der Waals surface area contributed by atoms with E-state index in [1.165, 1.54) is 11.1 Å². The van der Waals surface area contributed by atoms with E-state index in [0.717, 1.165) is 50.0 Å². The maximum atomic E-state index is 12.4. The lowest BCUT2D eigenvalue weighted by atomic mass is 9.44. The summed E-state index contributed by atoms with van der Waals surface area (Å²) in [6.07, 6.45) is 11.2. The summed E-state index contributed by atoms with van der Waals surface area (Å²) in [5.41, 5.74) is 2.13. The standard InChI is InChI=1S/C28H34O4/c1-17-5-6-22(31-17)26(3)16-18-15-19(29)7-11-25(18,2)20-8-12-27(4)21(24(20)26)9-13-28(27)14-10-23(30)32-28/h5-6,8,15,21,24H,7,9-14,16H2,1-4H3/t21-,24+,25-,26-,27?,28+/m0/s1. The van der Waals surface area contributed by atoms with Gasteiger partial charge < -0.3 is 9.15 Å². The zero-order valence-corrected chi connectivity index (χ0v) is 19.8. The number of ether oxygens (including phenoxy) is 1. The molecule has 0 radical (unpaired) electrons. The van der Waals surface area contributed by atoms with Gasteiger partial charge in [-0.2, -0.15) is 0 Å². The molecule has 170 valence electrons. The van der Waals surface area contributed by atoms with Gasteiger partial charge in [0, 0.05) is 29.1 Å². The van der Waals surface area contributed by atoms with Gasteiger partial charge in [-0.15, -0.1) is 0 Å². The van der Waals surface area contributed by atoms with E-state index < -0.39 is 0 Å². The third-order valence-corrected chi connectivity index (χ3v) is 10.3. The molecule has 0 N–H and O–H groups in total. The summed E-state index contributed by atoms with van der Waals surface area (Å²) in [6, 6.07) is 4.21. The lowest BCUT2D eigenvalue weighted by molar-refractivity contribution is -0.161. The van der Waals surface area contributed by atoms with Crippen LogP contribution >= 0.6 is 0 Å². The highest BCUT2D eigenvalue weighted by Gasteiger charge is 2.68. The number of hydrogen-bond donors (Lipinski definition) is 0. The van der Waals surface area contributed by atoms with Crippen LogP contribution in [-0.2, 0) is 19.7 Å². The number of carbonyl (C=O) groups excluding carboxylic acids is 2. The zero-order valence-electron chi connectivity index (χ0n) is 19.8. The van der Waals surface area contributed by atoms with Crippen molar-refractivity contribution in [3.05, 3.63) is 47.0 Å². The molecule has 0 aromatic carbocycles. The Morgan fingerprint density at radius 3 is 2.53 bits per heavy atom. The van der Waals surface area contributed by atoms with E-state index in [1.807, 2.05) is 13.0 Å². The van der Waals surface area contributed by atoms with Crippen molar-refractivity contribution in [2.24, 2.45) is 22.7 Å². The fourth-order valence-electron chi connectivity index (χ4n) is 8.45. The van der Waals surface area contributed by atoms with Crippen molar-refractivity contribution in [1.82, 2.24) is 0 Å². The third-order valence-electron chi connectivity index (χ3n) is 10.3. The molecule has 4 aliphatic carbocycles. The first-order chi connectivity index (χ1) is 15.1. The Morgan fingerprint density at radius 2 is 1.84 bits per heavy atom. The second-order valence-corrected chi connectivity index (χ2v) is 11.8. The number of allylic oxidation sites excluding steroid dienone is 4. The van der Waals surface area contributed by atoms with Gasteiger partial charge in [0.05, 0.1) is 0 Å². The van der Waals surface area contributed by atoms with Gasteiger partial charge in [-0.1, -0.05) is 38.0 Å². The van der Waals surface area contributed by atoms with Gasteiger partial charge >= 0.3 is 5.97 Å². The molecule has 2 saturated carbocycles. The Hall–Kier alpha value is -2.10. The number of ketones is 1. The predicted molar refractivity (Wildman–Crippen MR) is 121 cm³/mol. The second kappa shape index (κ2) is 6.27. The largest absolute Gasteiger partial charge is 0.466 e. The van der Waals surface area contributed by atoms with Crippen LogP contribution in [0.1, 0.15) is 83.7 Å². The maximum absolute atomic E-state index is 12.4. The molecular formula is C28H34O4. The first-order valence-electron chi connectivity index (χ1n) is 12.3. The van der Waals surface area contributed by atoms with Crippen molar-refractivity contribution < 1.29 is 18.7 Å². The summed E-state index contributed by atoms with van der Waals surface area (Å²) < 4.78 is 12.4. The van der Waals surface area contributed by atoms with Crippen molar-refractivity contribution in [3.8, 4) is 0 Å². The quantitative estimate of drug-likeness (QED) is 0.403. The molecule has 0 amide bonds. The molecule has 32 heavy (non-hydrogen) atoms. The predicted octanol–water partition coefficient (Wildman–Crippen LogP) is 5.98. The monoisotopic (exact) mass is 434 g/mol. The molecule has 1 spiro atoms. The summed E-state index contributed by atoms with van der Waals surface area (Å²) in [4.78, 5) is 24.7. The molecule has 1 aliphatic heterocycles. The minimum Gasteiger partial charge on any atom is -0.466 e. The molecule has 1 saturated heterocycles. The first kappa shape index (κ1) is 20.5. The smallest absolute Gasteiger partial charge is 0.306 e. The topological polar surface area (TPSA) is 56.5 Å². The molecule has 4 nitrogen and oxygen atoms in total. The van der Waals surface area contributed by atoms with Crippen LogP contribution in [0.5, 0.6) is 0 Å². The van der Waals surface area contributed by atoms with E-state index in [0.29, 0.717) is 24.7 Å². The Kier molecular flexibility index (Phi) is 4.02. The molecule has 1 aromatic rings. The maximum Gasteiger partial charge on any atom is 0.306 e. The summed E-state index contributed by atoms with van der Waals surface area (Å²) in [6.45, 7) is 9.09. The number of furan rings is 1. The second-order valence-electron chi connectivity index (χ2n) is 11.8. The van der Waals surface area contributed by atoms with E-state index in [2.05, 4.69) is 39.0 Å². The number of hydrogen-bond acceptors (Lipinski definition) is 4. The van der Waals surface area contributed by atoms with Crippen molar-refractivity contribution in [2.45, 2.75) is 90.1 Å². The normalized spacial score (nSPS) is 45.1. The van der Waals surface area contributed by atoms with Gasteiger partial charge in [-0.05, 0) is 75.5 Å². The molecule has 0 bridgehead atoms.